The Morgan fingerprint density at radius 1 is 1.38 bits per heavy atom. The molecule has 2 rings (SSSR count). The van der Waals surface area contributed by atoms with Gasteiger partial charge in [0.05, 0.1) is 12.3 Å². The van der Waals surface area contributed by atoms with E-state index in [-0.39, 0.29) is 17.6 Å². The molecule has 0 aliphatic rings. The number of furan rings is 1. The van der Waals surface area contributed by atoms with Crippen LogP contribution in [0.25, 0.3) is 0 Å². The molecule has 21 heavy (non-hydrogen) atoms. The molecule has 0 bridgehead atoms. The molecule has 0 saturated carbocycles. The van der Waals surface area contributed by atoms with Crippen molar-refractivity contribution < 1.29 is 14.3 Å². The topological polar surface area (TPSA) is 62.5 Å². The second-order valence-corrected chi connectivity index (χ2v) is 4.75. The van der Waals surface area contributed by atoms with Crippen molar-refractivity contribution in [2.75, 3.05) is 11.9 Å². The molecule has 0 aliphatic carbocycles. The van der Waals surface area contributed by atoms with Crippen molar-refractivity contribution in [1.29, 1.82) is 0 Å². The summed E-state index contributed by atoms with van der Waals surface area (Å²) >= 11 is 5.66. The summed E-state index contributed by atoms with van der Waals surface area (Å²) in [4.78, 5) is 12.1. The maximum absolute atomic E-state index is 12.1. The molecule has 0 saturated heterocycles. The van der Waals surface area contributed by atoms with Gasteiger partial charge in [-0.1, -0.05) is 17.9 Å². The van der Waals surface area contributed by atoms with Gasteiger partial charge in [-0.3, -0.25) is 4.79 Å². The molecule has 0 radical (unpaired) electrons. The number of hydrogen-bond acceptors (Lipinski definition) is 3. The third kappa shape index (κ3) is 4.12. The van der Waals surface area contributed by atoms with Crippen LogP contribution < -0.4 is 5.32 Å². The third-order valence-corrected chi connectivity index (χ3v) is 2.88. The lowest BCUT2D eigenvalue weighted by molar-refractivity contribution is 0.0996. The van der Waals surface area contributed by atoms with E-state index in [1.807, 2.05) is 25.1 Å². The van der Waals surface area contributed by atoms with Crippen LogP contribution in [0.1, 0.15) is 28.1 Å². The van der Waals surface area contributed by atoms with E-state index in [9.17, 15) is 4.79 Å². The largest absolute Gasteiger partial charge is 0.440 e. The highest BCUT2D eigenvalue weighted by Crippen LogP contribution is 2.19. The average Bonchev–Trinajstić information content (AvgIpc) is 2.88. The molecule has 5 heteroatoms. The lowest BCUT2D eigenvalue weighted by atomic mass is 10.1. The molecule has 0 fully saturated rings. The molecular weight excluding hydrogens is 290 g/mol. The first-order chi connectivity index (χ1) is 10.1. The van der Waals surface area contributed by atoms with Crippen LogP contribution in [0.15, 0.2) is 34.7 Å². The quantitative estimate of drug-likeness (QED) is 0.856. The van der Waals surface area contributed by atoms with Gasteiger partial charge in [-0.05, 0) is 48.4 Å². The van der Waals surface area contributed by atoms with E-state index in [1.54, 1.807) is 0 Å². The molecule has 108 valence electrons. The second kappa shape index (κ2) is 6.98. The number of rotatable bonds is 3. The third-order valence-electron chi connectivity index (χ3n) is 2.68. The highest BCUT2D eigenvalue weighted by Gasteiger charge is 2.12. The van der Waals surface area contributed by atoms with E-state index < -0.39 is 5.91 Å². The van der Waals surface area contributed by atoms with Crippen molar-refractivity contribution in [3.8, 4) is 11.8 Å². The van der Waals surface area contributed by atoms with Gasteiger partial charge in [-0.25, -0.2) is 0 Å². The zero-order chi connectivity index (χ0) is 15.2. The molecule has 1 aromatic heterocycles. The minimum atomic E-state index is -0.391. The molecule has 1 amide bonds. The van der Waals surface area contributed by atoms with Crippen LogP contribution in [0.2, 0.25) is 5.22 Å². The van der Waals surface area contributed by atoms with E-state index in [4.69, 9.17) is 21.1 Å². The molecule has 2 aromatic rings. The van der Waals surface area contributed by atoms with E-state index in [1.165, 1.54) is 12.1 Å². The van der Waals surface area contributed by atoms with E-state index in [2.05, 4.69) is 17.2 Å². The van der Waals surface area contributed by atoms with Gasteiger partial charge in [-0.15, -0.1) is 0 Å². The highest BCUT2D eigenvalue weighted by atomic mass is 35.5. The van der Waals surface area contributed by atoms with Crippen molar-refractivity contribution in [2.45, 2.75) is 13.3 Å². The monoisotopic (exact) mass is 303 g/mol. The van der Waals surface area contributed by atoms with Crippen LogP contribution in [-0.4, -0.2) is 17.6 Å². The van der Waals surface area contributed by atoms with Gasteiger partial charge < -0.3 is 14.8 Å². The normalized spacial score (nSPS) is 9.86. The summed E-state index contributed by atoms with van der Waals surface area (Å²) in [6.45, 7) is 1.93. The molecular formula is C16H14ClNO3. The van der Waals surface area contributed by atoms with Crippen molar-refractivity contribution >= 4 is 23.2 Å². The number of halogens is 1. The predicted molar refractivity (Wildman–Crippen MR) is 81.4 cm³/mol. The number of aryl methyl sites for hydroxylation is 1. The second-order valence-electron chi connectivity index (χ2n) is 4.38. The first kappa shape index (κ1) is 15.2. The smallest absolute Gasteiger partial charge is 0.291 e. The maximum atomic E-state index is 12.1. The van der Waals surface area contributed by atoms with E-state index >= 15 is 0 Å². The molecule has 1 heterocycles. The molecule has 0 atom stereocenters. The van der Waals surface area contributed by atoms with Crippen molar-refractivity contribution in [2.24, 2.45) is 0 Å². The zero-order valence-corrected chi connectivity index (χ0v) is 12.2. The van der Waals surface area contributed by atoms with Crippen molar-refractivity contribution in [3.63, 3.8) is 0 Å². The summed E-state index contributed by atoms with van der Waals surface area (Å²) in [5, 5.41) is 11.7. The maximum Gasteiger partial charge on any atom is 0.291 e. The average molecular weight is 304 g/mol. The Bertz CT molecular complexity index is 710. The number of carbonyl (C=O) groups is 1. The lowest BCUT2D eigenvalue weighted by Gasteiger charge is -2.07. The number of carbonyl (C=O) groups excluding carboxylic acids is 1. The molecule has 1 aromatic carbocycles. The number of nitrogens with one attached hydrogen (secondary N) is 1. The van der Waals surface area contributed by atoms with E-state index in [0.717, 1.165) is 5.56 Å². The van der Waals surface area contributed by atoms with Gasteiger partial charge in [-0.2, -0.15) is 0 Å². The van der Waals surface area contributed by atoms with Crippen LogP contribution >= 0.6 is 11.6 Å². The fourth-order valence-corrected chi connectivity index (χ4v) is 1.85. The summed E-state index contributed by atoms with van der Waals surface area (Å²) in [6, 6.07) is 8.57. The van der Waals surface area contributed by atoms with Crippen LogP contribution in [-0.2, 0) is 0 Å². The SMILES string of the molecule is Cc1ccc(C#CCCO)c(NC(=O)c2ccc(Cl)o2)c1. The molecule has 2 N–H and O–H groups in total. The highest BCUT2D eigenvalue weighted by molar-refractivity contribution is 6.29. The summed E-state index contributed by atoms with van der Waals surface area (Å²) in [5.74, 6) is 5.50. The molecule has 0 unspecified atom stereocenters. The van der Waals surface area contributed by atoms with Crippen LogP contribution in [0, 0.1) is 18.8 Å². The van der Waals surface area contributed by atoms with Crippen LogP contribution in [0.3, 0.4) is 0 Å². The standard InChI is InChI=1S/C16H14ClNO3/c1-11-5-6-12(4-2-3-9-19)13(10-11)18-16(20)14-7-8-15(17)21-14/h5-8,10,19H,3,9H2,1H3,(H,18,20). The van der Waals surface area contributed by atoms with E-state index in [0.29, 0.717) is 17.7 Å². The number of hydrogen-bond donors (Lipinski definition) is 2. The first-order valence-corrected chi connectivity index (χ1v) is 6.75. The van der Waals surface area contributed by atoms with Crippen molar-refractivity contribution in [1.82, 2.24) is 0 Å². The Morgan fingerprint density at radius 3 is 2.86 bits per heavy atom. The van der Waals surface area contributed by atoms with Crippen LogP contribution in [0.4, 0.5) is 5.69 Å². The molecule has 0 spiro atoms. The number of aliphatic hydroxyl groups excluding tert-OH is 1. The minimum Gasteiger partial charge on any atom is -0.440 e. The Kier molecular flexibility index (Phi) is 5.04. The Balaban J connectivity index is 2.24. The van der Waals surface area contributed by atoms with Gasteiger partial charge in [0.1, 0.15) is 0 Å². The zero-order valence-electron chi connectivity index (χ0n) is 11.4. The minimum absolute atomic E-state index is 0.00540. The summed E-state index contributed by atoms with van der Waals surface area (Å²) in [5.41, 5.74) is 2.27. The van der Waals surface area contributed by atoms with Gasteiger partial charge in [0.25, 0.3) is 5.91 Å². The number of aliphatic hydroxyl groups is 1. The predicted octanol–water partition coefficient (Wildman–Crippen LogP) is 3.23. The van der Waals surface area contributed by atoms with Gasteiger partial charge in [0.15, 0.2) is 11.0 Å². The number of anilines is 1. The fraction of sp³-hybridized carbons (Fsp3) is 0.188. The summed E-state index contributed by atoms with van der Waals surface area (Å²) in [7, 11) is 0. The van der Waals surface area contributed by atoms with Gasteiger partial charge in [0.2, 0.25) is 0 Å². The fourth-order valence-electron chi connectivity index (χ4n) is 1.70. The number of benzene rings is 1. The molecule has 0 aliphatic heterocycles. The van der Waals surface area contributed by atoms with Gasteiger partial charge >= 0.3 is 0 Å². The Hall–Kier alpha value is -2.22. The Morgan fingerprint density at radius 2 is 2.19 bits per heavy atom. The summed E-state index contributed by atoms with van der Waals surface area (Å²) in [6.07, 6.45) is 0.384. The Labute approximate surface area is 127 Å². The van der Waals surface area contributed by atoms with Crippen molar-refractivity contribution in [3.05, 3.63) is 52.4 Å². The lowest BCUT2D eigenvalue weighted by Crippen LogP contribution is -2.12. The molecule has 4 nitrogen and oxygen atoms in total. The summed E-state index contributed by atoms with van der Waals surface area (Å²) < 4.78 is 5.07. The first-order valence-electron chi connectivity index (χ1n) is 6.37. The number of amides is 1. The van der Waals surface area contributed by atoms with Crippen LogP contribution in [0.5, 0.6) is 0 Å². The van der Waals surface area contributed by atoms with Gasteiger partial charge in [0, 0.05) is 12.0 Å².